The van der Waals surface area contributed by atoms with Crippen molar-refractivity contribution < 1.29 is 9.59 Å². The molecule has 1 saturated carbocycles. The van der Waals surface area contributed by atoms with Crippen LogP contribution in [0.25, 0.3) is 0 Å². The summed E-state index contributed by atoms with van der Waals surface area (Å²) in [4.78, 5) is 24.4. The first-order valence-corrected chi connectivity index (χ1v) is 8.31. The van der Waals surface area contributed by atoms with Crippen molar-refractivity contribution in [3.63, 3.8) is 0 Å². The Labute approximate surface area is 146 Å². The summed E-state index contributed by atoms with van der Waals surface area (Å²) < 4.78 is 0. The molecule has 0 spiro atoms. The largest absolute Gasteiger partial charge is 0.352 e. The molecule has 5 heteroatoms. The van der Waals surface area contributed by atoms with Crippen molar-refractivity contribution >= 4 is 29.1 Å². The number of anilines is 1. The molecule has 4 nitrogen and oxygen atoms in total. The van der Waals surface area contributed by atoms with Crippen molar-refractivity contribution in [2.75, 3.05) is 5.32 Å². The highest BCUT2D eigenvalue weighted by Gasteiger charge is 2.48. The molecule has 2 N–H and O–H groups in total. The van der Waals surface area contributed by atoms with E-state index in [2.05, 4.69) is 10.6 Å². The van der Waals surface area contributed by atoms with E-state index in [1.807, 2.05) is 31.2 Å². The molecule has 0 heterocycles. The minimum Gasteiger partial charge on any atom is -0.352 e. The minimum atomic E-state index is -0.279. The summed E-state index contributed by atoms with van der Waals surface area (Å²) >= 11 is 6.03. The Hall–Kier alpha value is -2.33. The topological polar surface area (TPSA) is 58.2 Å². The van der Waals surface area contributed by atoms with Gasteiger partial charge in [0.15, 0.2) is 0 Å². The van der Waals surface area contributed by atoms with E-state index in [1.165, 1.54) is 0 Å². The summed E-state index contributed by atoms with van der Waals surface area (Å²) in [7, 11) is 0. The Balaban J connectivity index is 1.51. The molecule has 0 aromatic heterocycles. The standard InChI is InChI=1S/C19H19ClN2O2/c1-12-6-2-3-7-13(12)11-21-18(23)14-10-15(14)19(24)22-17-9-5-4-8-16(17)20/h2-9,14-15H,10-11H2,1H3,(H,21,23)(H,22,24). The van der Waals surface area contributed by atoms with Crippen molar-refractivity contribution in [3.8, 4) is 0 Å². The molecular formula is C19H19ClN2O2. The maximum absolute atomic E-state index is 12.2. The first-order chi connectivity index (χ1) is 11.6. The third kappa shape index (κ3) is 3.77. The number of rotatable bonds is 5. The first-order valence-electron chi connectivity index (χ1n) is 7.94. The van der Waals surface area contributed by atoms with Crippen LogP contribution >= 0.6 is 11.6 Å². The molecule has 0 saturated heterocycles. The average Bonchev–Trinajstić information content (AvgIpc) is 3.37. The van der Waals surface area contributed by atoms with Crippen molar-refractivity contribution in [2.24, 2.45) is 11.8 Å². The van der Waals surface area contributed by atoms with Crippen LogP contribution in [-0.2, 0) is 16.1 Å². The van der Waals surface area contributed by atoms with Gasteiger partial charge in [0.2, 0.25) is 11.8 Å². The van der Waals surface area contributed by atoms with Crippen molar-refractivity contribution in [2.45, 2.75) is 19.9 Å². The molecule has 24 heavy (non-hydrogen) atoms. The van der Waals surface area contributed by atoms with Gasteiger partial charge in [0.05, 0.1) is 22.5 Å². The summed E-state index contributed by atoms with van der Waals surface area (Å²) in [5, 5.41) is 6.20. The van der Waals surface area contributed by atoms with Gasteiger partial charge in [-0.05, 0) is 36.6 Å². The Morgan fingerprint density at radius 1 is 1.04 bits per heavy atom. The monoisotopic (exact) mass is 342 g/mol. The molecule has 0 bridgehead atoms. The van der Waals surface area contributed by atoms with E-state index in [0.29, 0.717) is 23.7 Å². The van der Waals surface area contributed by atoms with Gasteiger partial charge in [0.1, 0.15) is 0 Å². The Kier molecular flexibility index (Phi) is 4.86. The number of nitrogens with one attached hydrogen (secondary N) is 2. The van der Waals surface area contributed by atoms with Crippen LogP contribution in [-0.4, -0.2) is 11.8 Å². The number of carbonyl (C=O) groups excluding carboxylic acids is 2. The van der Waals surface area contributed by atoms with E-state index in [0.717, 1.165) is 11.1 Å². The normalized spacial score (nSPS) is 18.8. The van der Waals surface area contributed by atoms with Gasteiger partial charge in [-0.1, -0.05) is 48.0 Å². The van der Waals surface area contributed by atoms with Gasteiger partial charge in [-0.25, -0.2) is 0 Å². The highest BCUT2D eigenvalue weighted by molar-refractivity contribution is 6.33. The van der Waals surface area contributed by atoms with Crippen LogP contribution in [0.3, 0.4) is 0 Å². The van der Waals surface area contributed by atoms with Crippen molar-refractivity contribution in [1.29, 1.82) is 0 Å². The zero-order valence-electron chi connectivity index (χ0n) is 13.4. The second-order valence-electron chi connectivity index (χ2n) is 6.06. The first kappa shape index (κ1) is 16.5. The van der Waals surface area contributed by atoms with Crippen LogP contribution in [0, 0.1) is 18.8 Å². The van der Waals surface area contributed by atoms with E-state index in [4.69, 9.17) is 11.6 Å². The van der Waals surface area contributed by atoms with E-state index in [9.17, 15) is 9.59 Å². The molecule has 2 aromatic rings. The number of aryl methyl sites for hydroxylation is 1. The fraction of sp³-hybridized carbons (Fsp3) is 0.263. The van der Waals surface area contributed by atoms with E-state index in [-0.39, 0.29) is 23.7 Å². The highest BCUT2D eigenvalue weighted by Crippen LogP contribution is 2.40. The number of amides is 2. The van der Waals surface area contributed by atoms with Gasteiger partial charge < -0.3 is 10.6 Å². The van der Waals surface area contributed by atoms with Crippen molar-refractivity contribution in [1.82, 2.24) is 5.32 Å². The molecule has 3 rings (SSSR count). The number of carbonyl (C=O) groups is 2. The molecule has 2 aromatic carbocycles. The van der Waals surface area contributed by atoms with Crippen LogP contribution in [0.4, 0.5) is 5.69 Å². The van der Waals surface area contributed by atoms with Crippen molar-refractivity contribution in [3.05, 3.63) is 64.7 Å². The molecule has 1 fully saturated rings. The van der Waals surface area contributed by atoms with Crippen LogP contribution in [0.1, 0.15) is 17.5 Å². The van der Waals surface area contributed by atoms with Gasteiger partial charge in [-0.2, -0.15) is 0 Å². The molecule has 1 aliphatic carbocycles. The molecule has 2 unspecified atom stereocenters. The Morgan fingerprint density at radius 3 is 2.46 bits per heavy atom. The quantitative estimate of drug-likeness (QED) is 0.873. The number of halogens is 1. The number of para-hydroxylation sites is 1. The van der Waals surface area contributed by atoms with Crippen LogP contribution in [0.15, 0.2) is 48.5 Å². The fourth-order valence-electron chi connectivity index (χ4n) is 2.68. The number of hydrogen-bond acceptors (Lipinski definition) is 2. The Morgan fingerprint density at radius 2 is 1.71 bits per heavy atom. The Bertz CT molecular complexity index is 775. The summed E-state index contributed by atoms with van der Waals surface area (Å²) in [6.07, 6.45) is 0.579. The molecule has 0 aliphatic heterocycles. The summed E-state index contributed by atoms with van der Waals surface area (Å²) in [6.45, 7) is 2.50. The van der Waals surface area contributed by atoms with Gasteiger partial charge in [-0.3, -0.25) is 9.59 Å². The van der Waals surface area contributed by atoms with E-state index >= 15 is 0 Å². The smallest absolute Gasteiger partial charge is 0.228 e. The summed E-state index contributed by atoms with van der Waals surface area (Å²) in [6, 6.07) is 15.0. The number of benzene rings is 2. The molecule has 0 radical (unpaired) electrons. The molecule has 1 aliphatic rings. The van der Waals surface area contributed by atoms with Crippen LogP contribution in [0.2, 0.25) is 5.02 Å². The van der Waals surface area contributed by atoms with E-state index < -0.39 is 0 Å². The molecular weight excluding hydrogens is 324 g/mol. The molecule has 2 amide bonds. The van der Waals surface area contributed by atoms with Crippen LogP contribution < -0.4 is 10.6 Å². The lowest BCUT2D eigenvalue weighted by molar-refractivity contribution is -0.125. The number of hydrogen-bond donors (Lipinski definition) is 2. The highest BCUT2D eigenvalue weighted by atomic mass is 35.5. The van der Waals surface area contributed by atoms with Gasteiger partial charge in [-0.15, -0.1) is 0 Å². The lowest BCUT2D eigenvalue weighted by Crippen LogP contribution is -2.27. The maximum atomic E-state index is 12.2. The zero-order valence-corrected chi connectivity index (χ0v) is 14.1. The average molecular weight is 343 g/mol. The SMILES string of the molecule is Cc1ccccc1CNC(=O)C1CC1C(=O)Nc1ccccc1Cl. The van der Waals surface area contributed by atoms with E-state index in [1.54, 1.807) is 24.3 Å². The predicted molar refractivity (Wildman–Crippen MR) is 94.7 cm³/mol. The fourth-order valence-corrected chi connectivity index (χ4v) is 2.87. The third-order valence-corrected chi connectivity index (χ3v) is 4.64. The van der Waals surface area contributed by atoms with Gasteiger partial charge >= 0.3 is 0 Å². The van der Waals surface area contributed by atoms with Crippen LogP contribution in [0.5, 0.6) is 0 Å². The third-order valence-electron chi connectivity index (χ3n) is 4.31. The summed E-state index contributed by atoms with van der Waals surface area (Å²) in [5.41, 5.74) is 2.81. The van der Waals surface area contributed by atoms with Gasteiger partial charge in [0, 0.05) is 6.54 Å². The maximum Gasteiger partial charge on any atom is 0.228 e. The molecule has 124 valence electrons. The second kappa shape index (κ2) is 7.05. The zero-order chi connectivity index (χ0) is 17.1. The second-order valence-corrected chi connectivity index (χ2v) is 6.47. The predicted octanol–water partition coefficient (Wildman–Crippen LogP) is 3.54. The summed E-state index contributed by atoms with van der Waals surface area (Å²) in [5.74, 6) is -0.758. The van der Waals surface area contributed by atoms with Gasteiger partial charge in [0.25, 0.3) is 0 Å². The molecule has 2 atom stereocenters. The lowest BCUT2D eigenvalue weighted by Gasteiger charge is -2.08. The minimum absolute atomic E-state index is 0.0717. The lowest BCUT2D eigenvalue weighted by atomic mass is 10.1.